The first-order chi connectivity index (χ1) is 4.75. The Morgan fingerprint density at radius 3 is 2.60 bits per heavy atom. The highest BCUT2D eigenvalue weighted by Crippen LogP contribution is 2.16. The van der Waals surface area contributed by atoms with Crippen LogP contribution in [0.2, 0.25) is 0 Å². The second kappa shape index (κ2) is 2.74. The molecule has 0 unspecified atom stereocenters. The number of aryl methyl sites for hydroxylation is 1. The first-order valence-corrected chi connectivity index (χ1v) is 3.35. The van der Waals surface area contributed by atoms with Gasteiger partial charge in [-0.15, -0.1) is 0 Å². The van der Waals surface area contributed by atoms with Gasteiger partial charge in [0, 0.05) is 12.7 Å². The predicted molar refractivity (Wildman–Crippen MR) is 45.2 cm³/mol. The van der Waals surface area contributed by atoms with Crippen molar-refractivity contribution >= 4 is 5.69 Å². The maximum absolute atomic E-state index is 3.93. The lowest BCUT2D eigenvalue weighted by Crippen LogP contribution is -1.92. The second-order valence-corrected chi connectivity index (χ2v) is 2.35. The largest absolute Gasteiger partial charge is 0.388 e. The van der Waals surface area contributed by atoms with Gasteiger partial charge < -0.3 is 5.32 Å². The molecule has 0 spiro atoms. The Balaban J connectivity index is 3.14. The van der Waals surface area contributed by atoms with Crippen LogP contribution in [0.4, 0.5) is 5.69 Å². The molecule has 0 aromatic heterocycles. The molecule has 10 heavy (non-hydrogen) atoms. The fraction of sp³-hybridized carbons (Fsp3) is 0.222. The molecule has 0 aliphatic rings. The average molecular weight is 134 g/mol. The molecule has 53 valence electrons. The summed E-state index contributed by atoms with van der Waals surface area (Å²) >= 11 is 0. The van der Waals surface area contributed by atoms with Crippen LogP contribution in [0.25, 0.3) is 0 Å². The van der Waals surface area contributed by atoms with Crippen molar-refractivity contribution in [3.8, 4) is 0 Å². The normalized spacial score (nSPS) is 9.50. The van der Waals surface area contributed by atoms with Gasteiger partial charge >= 0.3 is 0 Å². The summed E-state index contributed by atoms with van der Waals surface area (Å²) in [4.78, 5) is 0. The fourth-order valence-corrected chi connectivity index (χ4v) is 0.937. The van der Waals surface area contributed by atoms with E-state index in [0.29, 0.717) is 0 Å². The smallest absolute Gasteiger partial charge is 0.0372 e. The number of nitrogens with one attached hydrogen (secondary N) is 1. The van der Waals surface area contributed by atoms with Crippen molar-refractivity contribution in [2.75, 3.05) is 12.4 Å². The maximum atomic E-state index is 3.93. The second-order valence-electron chi connectivity index (χ2n) is 2.35. The van der Waals surface area contributed by atoms with Gasteiger partial charge in [0.05, 0.1) is 0 Å². The van der Waals surface area contributed by atoms with Gasteiger partial charge in [0.15, 0.2) is 0 Å². The van der Waals surface area contributed by atoms with E-state index in [4.69, 9.17) is 0 Å². The molecule has 0 saturated carbocycles. The summed E-state index contributed by atoms with van der Waals surface area (Å²) in [6, 6.07) is 6.11. The molecule has 1 nitrogen and oxygen atoms in total. The standard InChI is InChI=1S/C9H12N/c1-7-5-4-6-9(10-3)8(7)2/h4-6,10H,2H2,1,3H3. The van der Waals surface area contributed by atoms with Crippen LogP contribution in [0.15, 0.2) is 18.2 Å². The monoisotopic (exact) mass is 134 g/mol. The Bertz CT molecular complexity index is 228. The number of hydrogen-bond donors (Lipinski definition) is 1. The third-order valence-electron chi connectivity index (χ3n) is 1.68. The topological polar surface area (TPSA) is 12.0 Å². The minimum absolute atomic E-state index is 1.09. The molecule has 1 rings (SSSR count). The molecule has 1 heteroatoms. The molecule has 0 saturated heterocycles. The van der Waals surface area contributed by atoms with Crippen LogP contribution in [0, 0.1) is 13.8 Å². The molecule has 0 bridgehead atoms. The molecule has 0 heterocycles. The van der Waals surface area contributed by atoms with E-state index in [1.165, 1.54) is 5.56 Å². The summed E-state index contributed by atoms with van der Waals surface area (Å²) in [5, 5.41) is 3.07. The van der Waals surface area contributed by atoms with Crippen molar-refractivity contribution in [1.29, 1.82) is 0 Å². The van der Waals surface area contributed by atoms with Gasteiger partial charge in [0.25, 0.3) is 0 Å². The summed E-state index contributed by atoms with van der Waals surface area (Å²) in [7, 11) is 1.91. The molecule has 0 fully saturated rings. The molecule has 1 radical (unpaired) electrons. The molecule has 0 atom stereocenters. The third-order valence-corrected chi connectivity index (χ3v) is 1.68. The van der Waals surface area contributed by atoms with E-state index in [9.17, 15) is 0 Å². The Morgan fingerprint density at radius 1 is 1.40 bits per heavy atom. The number of rotatable bonds is 1. The van der Waals surface area contributed by atoms with Gasteiger partial charge in [-0.3, -0.25) is 0 Å². The van der Waals surface area contributed by atoms with Crippen molar-refractivity contribution in [1.82, 2.24) is 0 Å². The zero-order valence-electron chi connectivity index (χ0n) is 6.44. The molecule has 0 amide bonds. The van der Waals surface area contributed by atoms with Crippen LogP contribution in [0.5, 0.6) is 0 Å². The number of anilines is 1. The van der Waals surface area contributed by atoms with E-state index in [1.54, 1.807) is 0 Å². The first kappa shape index (κ1) is 7.13. The lowest BCUT2D eigenvalue weighted by atomic mass is 10.1. The maximum Gasteiger partial charge on any atom is 0.0372 e. The summed E-state index contributed by atoms with van der Waals surface area (Å²) < 4.78 is 0. The van der Waals surface area contributed by atoms with E-state index in [0.717, 1.165) is 11.3 Å². The minimum Gasteiger partial charge on any atom is -0.388 e. The molecule has 1 aromatic carbocycles. The number of hydrogen-bond acceptors (Lipinski definition) is 1. The average Bonchev–Trinajstić information content (AvgIpc) is 1.95. The Kier molecular flexibility index (Phi) is 1.95. The van der Waals surface area contributed by atoms with Crippen molar-refractivity contribution < 1.29 is 0 Å². The lowest BCUT2D eigenvalue weighted by Gasteiger charge is -2.05. The Morgan fingerprint density at radius 2 is 2.10 bits per heavy atom. The zero-order valence-corrected chi connectivity index (χ0v) is 6.44. The summed E-state index contributed by atoms with van der Waals surface area (Å²) in [5.74, 6) is 0. The Hall–Kier alpha value is -0.980. The fourth-order valence-electron chi connectivity index (χ4n) is 0.937. The van der Waals surface area contributed by atoms with Gasteiger partial charge in [-0.2, -0.15) is 0 Å². The van der Waals surface area contributed by atoms with Crippen LogP contribution in [-0.4, -0.2) is 7.05 Å². The molecular weight excluding hydrogens is 122 g/mol. The van der Waals surface area contributed by atoms with E-state index in [1.807, 2.05) is 19.2 Å². The molecule has 1 aromatic rings. The molecule has 1 N–H and O–H groups in total. The van der Waals surface area contributed by atoms with Crippen molar-refractivity contribution in [3.05, 3.63) is 36.2 Å². The number of benzene rings is 1. The summed E-state index contributed by atoms with van der Waals surface area (Å²) in [6.45, 7) is 5.99. The van der Waals surface area contributed by atoms with Gasteiger partial charge in [0.1, 0.15) is 0 Å². The van der Waals surface area contributed by atoms with Crippen molar-refractivity contribution in [2.24, 2.45) is 0 Å². The van der Waals surface area contributed by atoms with Crippen LogP contribution in [-0.2, 0) is 0 Å². The van der Waals surface area contributed by atoms with Crippen LogP contribution in [0.1, 0.15) is 11.1 Å². The minimum atomic E-state index is 1.09. The van der Waals surface area contributed by atoms with E-state index in [2.05, 4.69) is 25.2 Å². The molecular formula is C9H12N. The summed E-state index contributed by atoms with van der Waals surface area (Å²) in [5.41, 5.74) is 3.43. The SMILES string of the molecule is [CH2]c1c(C)cccc1NC. The quantitative estimate of drug-likeness (QED) is 0.621. The lowest BCUT2D eigenvalue weighted by molar-refractivity contribution is 1.38. The highest BCUT2D eigenvalue weighted by Gasteiger charge is 1.95. The highest BCUT2D eigenvalue weighted by molar-refractivity contribution is 5.55. The molecule has 0 aliphatic heterocycles. The Labute approximate surface area is 62.1 Å². The van der Waals surface area contributed by atoms with Gasteiger partial charge in [-0.25, -0.2) is 0 Å². The van der Waals surface area contributed by atoms with E-state index < -0.39 is 0 Å². The van der Waals surface area contributed by atoms with Crippen LogP contribution < -0.4 is 5.32 Å². The van der Waals surface area contributed by atoms with Gasteiger partial charge in [-0.05, 0) is 31.0 Å². The zero-order chi connectivity index (χ0) is 7.56. The van der Waals surface area contributed by atoms with Gasteiger partial charge in [-0.1, -0.05) is 12.1 Å². The highest BCUT2D eigenvalue weighted by atomic mass is 14.8. The summed E-state index contributed by atoms with van der Waals surface area (Å²) in [6.07, 6.45) is 0. The first-order valence-electron chi connectivity index (χ1n) is 3.35. The third kappa shape index (κ3) is 1.13. The van der Waals surface area contributed by atoms with E-state index in [-0.39, 0.29) is 0 Å². The van der Waals surface area contributed by atoms with Crippen molar-refractivity contribution in [3.63, 3.8) is 0 Å². The van der Waals surface area contributed by atoms with Gasteiger partial charge in [0.2, 0.25) is 0 Å². The molecule has 0 aliphatic carbocycles. The van der Waals surface area contributed by atoms with Crippen molar-refractivity contribution in [2.45, 2.75) is 6.92 Å². The van der Waals surface area contributed by atoms with Crippen LogP contribution >= 0.6 is 0 Å². The predicted octanol–water partition coefficient (Wildman–Crippen LogP) is 2.22. The van der Waals surface area contributed by atoms with E-state index >= 15 is 0 Å². The van der Waals surface area contributed by atoms with Crippen LogP contribution in [0.3, 0.4) is 0 Å².